The molecule has 0 fully saturated rings. The average Bonchev–Trinajstić information content (AvgIpc) is 2.82. The van der Waals surface area contributed by atoms with Crippen molar-refractivity contribution in [1.29, 1.82) is 0 Å². The molecule has 0 atom stereocenters. The molecular weight excluding hydrogens is 495 g/mol. The van der Waals surface area contributed by atoms with Gasteiger partial charge in [-0.1, -0.05) is 65.7 Å². The van der Waals surface area contributed by atoms with E-state index in [-0.39, 0.29) is 24.6 Å². The highest BCUT2D eigenvalue weighted by molar-refractivity contribution is 7.97. The minimum absolute atomic E-state index is 0.0830. The van der Waals surface area contributed by atoms with E-state index in [0.29, 0.717) is 38.2 Å². The molecule has 1 amide bonds. The van der Waals surface area contributed by atoms with Crippen molar-refractivity contribution >= 4 is 50.4 Å². The molecule has 9 heteroatoms. The Labute approximate surface area is 208 Å². The van der Waals surface area contributed by atoms with Crippen LogP contribution in [0, 0.1) is 0 Å². The lowest BCUT2D eigenvalue weighted by molar-refractivity contribution is -0.116. The van der Waals surface area contributed by atoms with Crippen molar-refractivity contribution in [2.75, 3.05) is 24.0 Å². The number of fused-ring (bicyclic) bond motifs is 1. The zero-order valence-electron chi connectivity index (χ0n) is 18.3. The van der Waals surface area contributed by atoms with Gasteiger partial charge in [-0.15, -0.1) is 0 Å². The smallest absolute Gasteiger partial charge is 0.270 e. The largest absolute Gasteiger partial charge is 0.490 e. The maximum absolute atomic E-state index is 13.6. The maximum Gasteiger partial charge on any atom is 0.270 e. The van der Waals surface area contributed by atoms with Crippen molar-refractivity contribution in [2.24, 2.45) is 0 Å². The van der Waals surface area contributed by atoms with Crippen molar-refractivity contribution in [1.82, 2.24) is 5.32 Å². The summed E-state index contributed by atoms with van der Waals surface area (Å²) >= 11 is 12.4. The molecule has 34 heavy (non-hydrogen) atoms. The van der Waals surface area contributed by atoms with E-state index in [1.54, 1.807) is 73.7 Å². The van der Waals surface area contributed by atoms with Gasteiger partial charge in [0.15, 0.2) is 4.91 Å². The van der Waals surface area contributed by atoms with Gasteiger partial charge in [-0.3, -0.25) is 9.10 Å². The predicted molar refractivity (Wildman–Crippen MR) is 136 cm³/mol. The van der Waals surface area contributed by atoms with Crippen molar-refractivity contribution in [2.45, 2.75) is 6.92 Å². The summed E-state index contributed by atoms with van der Waals surface area (Å²) in [6.07, 6.45) is 0. The summed E-state index contributed by atoms with van der Waals surface area (Å²) in [5.74, 6) is -0.237. The van der Waals surface area contributed by atoms with Gasteiger partial charge in [0.2, 0.25) is 0 Å². The number of carbonyl (C=O) groups excluding carboxylic acids is 1. The second-order valence-electron chi connectivity index (χ2n) is 7.44. The van der Waals surface area contributed by atoms with E-state index < -0.39 is 15.9 Å². The van der Waals surface area contributed by atoms with Crippen LogP contribution in [0.4, 0.5) is 5.69 Å². The average molecular weight is 517 g/mol. The van der Waals surface area contributed by atoms with Gasteiger partial charge in [-0.2, -0.15) is 0 Å². The molecule has 0 radical (unpaired) electrons. The number of rotatable bonds is 7. The standard InChI is InChI=1S/C25H22Cl2N2O4S/c1-2-29-21-13-12-18(26)16-19(21)23(17-8-4-3-5-9-17)24(34(29,31)32)25(30)28-14-15-33-22-11-7-6-10-20(22)27/h3-13,16H,2,14-15H2,1H3,(H,28,30). The van der Waals surface area contributed by atoms with Crippen LogP contribution in [0.5, 0.6) is 5.75 Å². The highest BCUT2D eigenvalue weighted by Gasteiger charge is 2.40. The molecule has 3 aromatic carbocycles. The first-order valence-electron chi connectivity index (χ1n) is 10.6. The lowest BCUT2D eigenvalue weighted by Gasteiger charge is -2.33. The van der Waals surface area contributed by atoms with Crippen LogP contribution in [0.2, 0.25) is 10.0 Å². The molecule has 176 valence electrons. The van der Waals surface area contributed by atoms with Crippen LogP contribution in [0.15, 0.2) is 77.7 Å². The molecule has 6 nitrogen and oxygen atoms in total. The molecular formula is C25H22Cl2N2O4S. The Bertz CT molecular complexity index is 1360. The number of nitrogens with one attached hydrogen (secondary N) is 1. The zero-order valence-corrected chi connectivity index (χ0v) is 20.6. The zero-order chi connectivity index (χ0) is 24.3. The molecule has 4 rings (SSSR count). The lowest BCUT2D eigenvalue weighted by atomic mass is 9.95. The molecule has 0 unspecified atom stereocenters. The van der Waals surface area contributed by atoms with Crippen molar-refractivity contribution in [3.63, 3.8) is 0 Å². The second kappa shape index (κ2) is 10.1. The maximum atomic E-state index is 13.6. The Morgan fingerprint density at radius 1 is 1.00 bits per heavy atom. The third-order valence-electron chi connectivity index (χ3n) is 5.31. The molecule has 3 aromatic rings. The van der Waals surface area contributed by atoms with Crippen LogP contribution in [-0.4, -0.2) is 34.0 Å². The van der Waals surface area contributed by atoms with E-state index in [9.17, 15) is 13.2 Å². The normalized spacial score (nSPS) is 14.5. The minimum Gasteiger partial charge on any atom is -0.490 e. The Balaban J connectivity index is 1.73. The predicted octanol–water partition coefficient (Wildman–Crippen LogP) is 5.12. The number of halogens is 2. The number of para-hydroxylation sites is 1. The quantitative estimate of drug-likeness (QED) is 0.442. The van der Waals surface area contributed by atoms with Gasteiger partial charge < -0.3 is 10.1 Å². The molecule has 0 spiro atoms. The summed E-state index contributed by atoms with van der Waals surface area (Å²) < 4.78 is 34.1. The number of hydrogen-bond acceptors (Lipinski definition) is 4. The number of benzene rings is 3. The summed E-state index contributed by atoms with van der Waals surface area (Å²) in [4.78, 5) is 13.0. The van der Waals surface area contributed by atoms with Crippen molar-refractivity contribution in [3.8, 4) is 5.75 Å². The summed E-state index contributed by atoms with van der Waals surface area (Å²) in [7, 11) is -4.14. The number of hydrogen-bond donors (Lipinski definition) is 1. The van der Waals surface area contributed by atoms with Crippen LogP contribution in [0.1, 0.15) is 18.1 Å². The molecule has 0 aliphatic carbocycles. The fourth-order valence-electron chi connectivity index (χ4n) is 3.85. The lowest BCUT2D eigenvalue weighted by Crippen LogP contribution is -2.42. The van der Waals surface area contributed by atoms with E-state index in [1.807, 2.05) is 6.07 Å². The minimum atomic E-state index is -4.14. The monoisotopic (exact) mass is 516 g/mol. The fraction of sp³-hybridized carbons (Fsp3) is 0.160. The molecule has 1 heterocycles. The molecule has 0 aromatic heterocycles. The third kappa shape index (κ3) is 4.64. The number of carbonyl (C=O) groups is 1. The highest BCUT2D eigenvalue weighted by atomic mass is 35.5. The van der Waals surface area contributed by atoms with Crippen LogP contribution in [0.3, 0.4) is 0 Å². The van der Waals surface area contributed by atoms with Gasteiger partial charge in [0.25, 0.3) is 15.9 Å². The van der Waals surface area contributed by atoms with Gasteiger partial charge in [0, 0.05) is 22.7 Å². The van der Waals surface area contributed by atoms with E-state index >= 15 is 0 Å². The Kier molecular flexibility index (Phi) is 7.16. The van der Waals surface area contributed by atoms with E-state index in [4.69, 9.17) is 27.9 Å². The van der Waals surface area contributed by atoms with Gasteiger partial charge in [0.1, 0.15) is 12.4 Å². The molecule has 0 saturated heterocycles. The summed E-state index contributed by atoms with van der Waals surface area (Å²) in [5.41, 5.74) is 1.97. The molecule has 1 aliphatic rings. The summed E-state index contributed by atoms with van der Waals surface area (Å²) in [6, 6.07) is 20.9. The second-order valence-corrected chi connectivity index (χ2v) is 10.1. The first-order chi connectivity index (χ1) is 16.3. The van der Waals surface area contributed by atoms with E-state index in [0.717, 1.165) is 0 Å². The topological polar surface area (TPSA) is 75.7 Å². The number of ether oxygens (including phenoxy) is 1. The highest BCUT2D eigenvalue weighted by Crippen LogP contribution is 2.43. The number of nitrogens with zero attached hydrogens (tertiary/aromatic N) is 1. The first kappa shape index (κ1) is 24.1. The van der Waals surface area contributed by atoms with E-state index in [2.05, 4.69) is 5.32 Å². The van der Waals surface area contributed by atoms with Gasteiger partial charge in [-0.05, 0) is 42.8 Å². The van der Waals surface area contributed by atoms with Crippen LogP contribution in [0.25, 0.3) is 5.57 Å². The molecule has 1 aliphatic heterocycles. The molecule has 1 N–H and O–H groups in total. The Hall–Kier alpha value is -3.00. The number of amides is 1. The number of anilines is 1. The van der Waals surface area contributed by atoms with Crippen molar-refractivity contribution < 1.29 is 17.9 Å². The number of sulfonamides is 1. The Morgan fingerprint density at radius 3 is 2.41 bits per heavy atom. The molecule has 0 saturated carbocycles. The summed E-state index contributed by atoms with van der Waals surface area (Å²) in [6.45, 7) is 2.07. The molecule has 0 bridgehead atoms. The summed E-state index contributed by atoms with van der Waals surface area (Å²) in [5, 5.41) is 3.57. The van der Waals surface area contributed by atoms with Crippen molar-refractivity contribution in [3.05, 3.63) is 98.9 Å². The van der Waals surface area contributed by atoms with Crippen LogP contribution >= 0.6 is 23.2 Å². The van der Waals surface area contributed by atoms with Crippen LogP contribution in [-0.2, 0) is 14.8 Å². The first-order valence-corrected chi connectivity index (χ1v) is 12.8. The van der Waals surface area contributed by atoms with Crippen LogP contribution < -0.4 is 14.4 Å². The third-order valence-corrected chi connectivity index (χ3v) is 7.80. The van der Waals surface area contributed by atoms with Gasteiger partial charge in [0.05, 0.1) is 17.3 Å². The van der Waals surface area contributed by atoms with Gasteiger partial charge >= 0.3 is 0 Å². The Morgan fingerprint density at radius 2 is 1.71 bits per heavy atom. The van der Waals surface area contributed by atoms with Gasteiger partial charge in [-0.25, -0.2) is 8.42 Å². The van der Waals surface area contributed by atoms with E-state index in [1.165, 1.54) is 4.31 Å². The fourth-order valence-corrected chi connectivity index (χ4v) is 5.98. The SMILES string of the molecule is CCN1c2ccc(Cl)cc2C(c2ccccc2)=C(C(=O)NCCOc2ccccc2Cl)S1(=O)=O.